The van der Waals surface area contributed by atoms with E-state index >= 15 is 0 Å². The lowest BCUT2D eigenvalue weighted by Gasteiger charge is -2.15. The van der Waals surface area contributed by atoms with Gasteiger partial charge < -0.3 is 16.2 Å². The van der Waals surface area contributed by atoms with Crippen LogP contribution in [0.3, 0.4) is 0 Å². The van der Waals surface area contributed by atoms with E-state index < -0.39 is 5.97 Å². The van der Waals surface area contributed by atoms with Gasteiger partial charge in [0.15, 0.2) is 0 Å². The van der Waals surface area contributed by atoms with E-state index in [4.69, 9.17) is 10.8 Å². The number of rotatable bonds is 6. The van der Waals surface area contributed by atoms with Crippen molar-refractivity contribution >= 4 is 29.1 Å². The Hall–Kier alpha value is -1.36. The first-order chi connectivity index (χ1) is 8.06. The number of carbonyl (C=O) groups is 1. The molecule has 17 heavy (non-hydrogen) atoms. The molecule has 1 unspecified atom stereocenters. The second-order valence-electron chi connectivity index (χ2n) is 4.02. The number of para-hydroxylation sites is 1. The molecule has 0 aliphatic rings. The highest BCUT2D eigenvalue weighted by atomic mass is 32.2. The first-order valence-corrected chi connectivity index (χ1v) is 6.80. The molecule has 1 aromatic carbocycles. The first-order valence-electron chi connectivity index (χ1n) is 5.40. The van der Waals surface area contributed by atoms with Crippen molar-refractivity contribution in [2.24, 2.45) is 5.92 Å². The van der Waals surface area contributed by atoms with E-state index in [2.05, 4.69) is 18.5 Å². The molecule has 0 saturated carbocycles. The molecule has 4 N–H and O–H groups in total. The average Bonchev–Trinajstić information content (AvgIpc) is 2.27. The van der Waals surface area contributed by atoms with E-state index in [9.17, 15) is 4.79 Å². The Kier molecular flexibility index (Phi) is 5.15. The maximum atomic E-state index is 11.0. The minimum atomic E-state index is -0.961. The summed E-state index contributed by atoms with van der Waals surface area (Å²) >= 11 is 1.77. The van der Waals surface area contributed by atoms with Crippen LogP contribution in [0.5, 0.6) is 0 Å². The smallest absolute Gasteiger partial charge is 0.337 e. The van der Waals surface area contributed by atoms with Gasteiger partial charge in [0.25, 0.3) is 0 Å². The number of benzene rings is 1. The minimum Gasteiger partial charge on any atom is -0.478 e. The fourth-order valence-electron chi connectivity index (χ4n) is 1.57. The summed E-state index contributed by atoms with van der Waals surface area (Å²) in [5.74, 6) is 0.533. The SMILES string of the molecule is CSCC(C)CNc1c(N)cccc1C(=O)O. The van der Waals surface area contributed by atoms with E-state index in [1.807, 2.05) is 0 Å². The third-order valence-corrected chi connectivity index (χ3v) is 3.31. The van der Waals surface area contributed by atoms with Gasteiger partial charge in [0, 0.05) is 6.54 Å². The van der Waals surface area contributed by atoms with Crippen LogP contribution in [0.25, 0.3) is 0 Å². The van der Waals surface area contributed by atoms with E-state index in [1.165, 1.54) is 0 Å². The zero-order valence-corrected chi connectivity index (χ0v) is 10.9. The number of anilines is 2. The molecule has 1 rings (SSSR count). The first kappa shape index (κ1) is 13.7. The molecule has 0 aromatic heterocycles. The molecule has 0 aliphatic heterocycles. The number of carboxylic acids is 1. The predicted molar refractivity (Wildman–Crippen MR) is 73.8 cm³/mol. The fraction of sp³-hybridized carbons (Fsp3) is 0.417. The van der Waals surface area contributed by atoms with Crippen molar-refractivity contribution in [3.8, 4) is 0 Å². The summed E-state index contributed by atoms with van der Waals surface area (Å²) in [6.45, 7) is 2.83. The molecule has 94 valence electrons. The Balaban J connectivity index is 2.79. The third kappa shape index (κ3) is 3.85. The summed E-state index contributed by atoms with van der Waals surface area (Å²) < 4.78 is 0. The Labute approximate surface area is 106 Å². The predicted octanol–water partition coefficient (Wildman–Crippen LogP) is 2.38. The van der Waals surface area contributed by atoms with Gasteiger partial charge in [0.05, 0.1) is 16.9 Å². The number of carboxylic acid groups (broad SMARTS) is 1. The molecule has 1 aromatic rings. The van der Waals surface area contributed by atoms with Crippen molar-refractivity contribution in [2.45, 2.75) is 6.92 Å². The molecule has 0 aliphatic carbocycles. The monoisotopic (exact) mass is 254 g/mol. The molecule has 0 bridgehead atoms. The topological polar surface area (TPSA) is 75.3 Å². The molecule has 0 saturated heterocycles. The van der Waals surface area contributed by atoms with E-state index in [0.717, 1.165) is 12.3 Å². The third-order valence-electron chi connectivity index (χ3n) is 2.41. The van der Waals surface area contributed by atoms with E-state index in [0.29, 0.717) is 17.3 Å². The van der Waals surface area contributed by atoms with Crippen molar-refractivity contribution in [2.75, 3.05) is 29.6 Å². The number of aromatic carboxylic acids is 1. The molecule has 1 atom stereocenters. The normalized spacial score (nSPS) is 12.1. The van der Waals surface area contributed by atoms with Crippen LogP contribution in [-0.4, -0.2) is 29.6 Å². The van der Waals surface area contributed by atoms with Gasteiger partial charge in [-0.15, -0.1) is 0 Å². The highest BCUT2D eigenvalue weighted by Gasteiger charge is 2.12. The molecule has 0 radical (unpaired) electrons. The Morgan fingerprint density at radius 3 is 2.88 bits per heavy atom. The van der Waals surface area contributed by atoms with Gasteiger partial charge >= 0.3 is 5.97 Å². The van der Waals surface area contributed by atoms with Crippen LogP contribution in [0.15, 0.2) is 18.2 Å². The lowest BCUT2D eigenvalue weighted by atomic mass is 10.1. The molecule has 0 spiro atoms. The van der Waals surface area contributed by atoms with Crippen LogP contribution in [0.2, 0.25) is 0 Å². The van der Waals surface area contributed by atoms with Crippen molar-refractivity contribution in [1.82, 2.24) is 0 Å². The maximum Gasteiger partial charge on any atom is 0.337 e. The molecule has 0 amide bonds. The van der Waals surface area contributed by atoms with Gasteiger partial charge in [-0.25, -0.2) is 4.79 Å². The summed E-state index contributed by atoms with van der Waals surface area (Å²) in [5, 5.41) is 12.2. The highest BCUT2D eigenvalue weighted by molar-refractivity contribution is 7.98. The van der Waals surface area contributed by atoms with Crippen LogP contribution in [0.4, 0.5) is 11.4 Å². The highest BCUT2D eigenvalue weighted by Crippen LogP contribution is 2.23. The summed E-state index contributed by atoms with van der Waals surface area (Å²) in [7, 11) is 0. The zero-order valence-electron chi connectivity index (χ0n) is 10.1. The number of thioether (sulfide) groups is 1. The van der Waals surface area contributed by atoms with Crippen molar-refractivity contribution in [1.29, 1.82) is 0 Å². The standard InChI is InChI=1S/C12H18N2O2S/c1-8(7-17-2)6-14-11-9(12(15)16)4-3-5-10(11)13/h3-5,8,14H,6-7,13H2,1-2H3,(H,15,16). The summed E-state index contributed by atoms with van der Waals surface area (Å²) in [6.07, 6.45) is 2.05. The Bertz CT molecular complexity index is 396. The quantitative estimate of drug-likeness (QED) is 0.680. The van der Waals surface area contributed by atoms with Crippen molar-refractivity contribution in [3.63, 3.8) is 0 Å². The van der Waals surface area contributed by atoms with Gasteiger partial charge in [-0.3, -0.25) is 0 Å². The number of hydrogen-bond acceptors (Lipinski definition) is 4. The van der Waals surface area contributed by atoms with Crippen molar-refractivity contribution < 1.29 is 9.90 Å². The molecule has 0 fully saturated rings. The van der Waals surface area contributed by atoms with Crippen molar-refractivity contribution in [3.05, 3.63) is 23.8 Å². The minimum absolute atomic E-state index is 0.223. The van der Waals surface area contributed by atoms with Gasteiger partial charge in [-0.2, -0.15) is 11.8 Å². The lowest BCUT2D eigenvalue weighted by Crippen LogP contribution is -2.16. The van der Waals surface area contributed by atoms with Gasteiger partial charge in [-0.1, -0.05) is 13.0 Å². The molecule has 0 heterocycles. The number of nitrogen functional groups attached to an aromatic ring is 1. The average molecular weight is 254 g/mol. The number of hydrogen-bond donors (Lipinski definition) is 3. The Morgan fingerprint density at radius 2 is 2.29 bits per heavy atom. The van der Waals surface area contributed by atoms with Gasteiger partial charge in [-0.05, 0) is 30.1 Å². The number of nitrogens with two attached hydrogens (primary N) is 1. The van der Waals surface area contributed by atoms with E-state index in [1.54, 1.807) is 30.0 Å². The second kappa shape index (κ2) is 6.39. The summed E-state index contributed by atoms with van der Waals surface area (Å²) in [4.78, 5) is 11.0. The summed E-state index contributed by atoms with van der Waals surface area (Å²) in [6, 6.07) is 4.91. The van der Waals surface area contributed by atoms with Gasteiger partial charge in [0.2, 0.25) is 0 Å². The zero-order chi connectivity index (χ0) is 12.8. The molecular weight excluding hydrogens is 236 g/mol. The largest absolute Gasteiger partial charge is 0.478 e. The van der Waals surface area contributed by atoms with Crippen LogP contribution >= 0.6 is 11.8 Å². The van der Waals surface area contributed by atoms with Gasteiger partial charge in [0.1, 0.15) is 0 Å². The second-order valence-corrected chi connectivity index (χ2v) is 4.93. The maximum absolute atomic E-state index is 11.0. The van der Waals surface area contributed by atoms with Crippen LogP contribution in [0, 0.1) is 5.92 Å². The summed E-state index contributed by atoms with van der Waals surface area (Å²) in [5.41, 5.74) is 7.01. The van der Waals surface area contributed by atoms with E-state index in [-0.39, 0.29) is 5.56 Å². The van der Waals surface area contributed by atoms with Crippen LogP contribution in [-0.2, 0) is 0 Å². The molecular formula is C12H18N2O2S. The molecule has 4 nitrogen and oxygen atoms in total. The fourth-order valence-corrected chi connectivity index (χ4v) is 2.25. The van der Waals surface area contributed by atoms with Crippen LogP contribution in [0.1, 0.15) is 17.3 Å². The number of nitrogens with one attached hydrogen (secondary N) is 1. The van der Waals surface area contributed by atoms with Crippen LogP contribution < -0.4 is 11.1 Å². The molecule has 5 heteroatoms. The Morgan fingerprint density at radius 1 is 1.59 bits per heavy atom. The lowest BCUT2D eigenvalue weighted by molar-refractivity contribution is 0.0698.